The molecule has 1 amide bonds. The smallest absolute Gasteiger partial charge is 0.239 e. The largest absolute Gasteiger partial charge is 0.399 e. The van der Waals surface area contributed by atoms with Crippen LogP contribution in [-0.2, 0) is 15.6 Å². The Morgan fingerprint density at radius 3 is 2.79 bits per heavy atom. The molecule has 19 heavy (non-hydrogen) atoms. The first-order valence-corrected chi connectivity index (χ1v) is 7.96. The molecule has 4 nitrogen and oxygen atoms in total. The van der Waals surface area contributed by atoms with Crippen molar-refractivity contribution in [2.24, 2.45) is 0 Å². The van der Waals surface area contributed by atoms with Crippen LogP contribution in [0, 0.1) is 0 Å². The summed E-state index contributed by atoms with van der Waals surface area (Å²) in [5.41, 5.74) is 6.87. The maximum atomic E-state index is 12.0. The van der Waals surface area contributed by atoms with Crippen LogP contribution >= 0.6 is 0 Å². The topological polar surface area (TPSA) is 72.2 Å². The lowest BCUT2D eigenvalue weighted by molar-refractivity contribution is -0.115. The Bertz CT molecular complexity index is 449. The van der Waals surface area contributed by atoms with Crippen LogP contribution in [0.2, 0.25) is 0 Å². The highest BCUT2D eigenvalue weighted by Crippen LogP contribution is 2.13. The first-order chi connectivity index (χ1) is 9.04. The molecular formula is C14H22N2O2S. The van der Waals surface area contributed by atoms with Crippen LogP contribution in [-0.4, -0.2) is 21.1 Å². The van der Waals surface area contributed by atoms with E-state index in [4.69, 9.17) is 5.73 Å². The van der Waals surface area contributed by atoms with Gasteiger partial charge in [0.25, 0.3) is 0 Å². The summed E-state index contributed by atoms with van der Waals surface area (Å²) in [5.74, 6) is 0.361. The number of nitrogen functional groups attached to an aromatic ring is 1. The van der Waals surface area contributed by atoms with Crippen molar-refractivity contribution >= 4 is 28.1 Å². The number of benzene rings is 1. The fourth-order valence-electron chi connectivity index (χ4n) is 1.65. The molecule has 1 aromatic carbocycles. The van der Waals surface area contributed by atoms with Gasteiger partial charge in [-0.15, -0.1) is 0 Å². The number of amides is 1. The maximum absolute atomic E-state index is 12.0. The summed E-state index contributed by atoms with van der Waals surface area (Å²) >= 11 is 0. The molecule has 0 radical (unpaired) electrons. The molecule has 1 rings (SSSR count). The first kappa shape index (κ1) is 15.7. The molecule has 0 saturated carbocycles. The van der Waals surface area contributed by atoms with Crippen molar-refractivity contribution in [1.29, 1.82) is 0 Å². The maximum Gasteiger partial charge on any atom is 0.239 e. The van der Waals surface area contributed by atoms with Gasteiger partial charge >= 0.3 is 0 Å². The van der Waals surface area contributed by atoms with Gasteiger partial charge in [-0.3, -0.25) is 9.00 Å². The van der Waals surface area contributed by atoms with Crippen LogP contribution < -0.4 is 11.1 Å². The van der Waals surface area contributed by atoms with E-state index in [-0.39, 0.29) is 5.91 Å². The van der Waals surface area contributed by atoms with Gasteiger partial charge < -0.3 is 11.1 Å². The van der Waals surface area contributed by atoms with E-state index in [1.807, 2.05) is 0 Å². The van der Waals surface area contributed by atoms with E-state index in [1.165, 1.54) is 0 Å². The van der Waals surface area contributed by atoms with Gasteiger partial charge in [-0.1, -0.05) is 25.8 Å². The molecule has 0 aliphatic rings. The Kier molecular flexibility index (Phi) is 6.56. The third-order valence-corrected chi connectivity index (χ3v) is 4.56. The summed E-state index contributed by atoms with van der Waals surface area (Å²) in [6.45, 7) is 3.79. The van der Waals surface area contributed by atoms with E-state index in [0.717, 1.165) is 19.3 Å². The number of rotatable bonds is 7. The number of nitrogens with two attached hydrogens (primary N) is 1. The minimum absolute atomic E-state index is 0.222. The highest BCUT2D eigenvalue weighted by molar-refractivity contribution is 7.86. The van der Waals surface area contributed by atoms with Gasteiger partial charge in [0, 0.05) is 27.9 Å². The summed E-state index contributed by atoms with van der Waals surface area (Å²) in [5, 5.41) is 2.24. The quantitative estimate of drug-likeness (QED) is 0.596. The summed E-state index contributed by atoms with van der Waals surface area (Å²) < 4.78 is 11.9. The Morgan fingerprint density at radius 1 is 1.42 bits per heavy atom. The summed E-state index contributed by atoms with van der Waals surface area (Å²) in [6, 6.07) is 6.97. The lowest BCUT2D eigenvalue weighted by Crippen LogP contribution is -2.30. The number of hydrogen-bond acceptors (Lipinski definition) is 3. The molecular weight excluding hydrogens is 260 g/mol. The number of carbonyl (C=O) groups excluding carboxylic acids is 1. The van der Waals surface area contributed by atoms with Gasteiger partial charge in [0.2, 0.25) is 5.91 Å². The Labute approximate surface area is 117 Å². The third-order valence-electron chi connectivity index (χ3n) is 2.87. The average Bonchev–Trinajstić information content (AvgIpc) is 2.38. The molecule has 0 aromatic heterocycles. The van der Waals surface area contributed by atoms with Crippen LogP contribution in [0.3, 0.4) is 0 Å². The van der Waals surface area contributed by atoms with Crippen molar-refractivity contribution in [2.45, 2.75) is 38.4 Å². The van der Waals surface area contributed by atoms with Gasteiger partial charge in [0.05, 0.1) is 0 Å². The number of nitrogens with one attached hydrogen (secondary N) is 1. The Morgan fingerprint density at radius 2 is 2.16 bits per heavy atom. The minimum atomic E-state index is -1.12. The molecule has 0 aliphatic heterocycles. The normalized spacial score (nSPS) is 13.8. The highest BCUT2D eigenvalue weighted by atomic mass is 32.2. The average molecular weight is 282 g/mol. The Hall–Kier alpha value is -1.36. The van der Waals surface area contributed by atoms with Crippen molar-refractivity contribution < 1.29 is 9.00 Å². The van der Waals surface area contributed by atoms with Crippen molar-refractivity contribution in [3.8, 4) is 0 Å². The standard InChI is InChI=1S/C14H22N2O2S/c1-3-4-5-9-19(18)11(2)14(17)16-13-8-6-7-12(15)10-13/h6-8,10-11H,3-5,9,15H2,1-2H3,(H,16,17). The van der Waals surface area contributed by atoms with Crippen LogP contribution in [0.25, 0.3) is 0 Å². The predicted octanol–water partition coefficient (Wildman–Crippen LogP) is 2.53. The van der Waals surface area contributed by atoms with E-state index in [0.29, 0.717) is 17.1 Å². The van der Waals surface area contributed by atoms with Crippen LogP contribution in [0.1, 0.15) is 33.1 Å². The van der Waals surface area contributed by atoms with Crippen LogP contribution in [0.15, 0.2) is 24.3 Å². The second-order valence-corrected chi connectivity index (χ2v) is 6.43. The van der Waals surface area contributed by atoms with E-state index in [1.54, 1.807) is 31.2 Å². The highest BCUT2D eigenvalue weighted by Gasteiger charge is 2.19. The molecule has 0 spiro atoms. The van der Waals surface area contributed by atoms with Crippen molar-refractivity contribution in [1.82, 2.24) is 0 Å². The Balaban J connectivity index is 2.50. The van der Waals surface area contributed by atoms with Gasteiger partial charge in [-0.25, -0.2) is 0 Å². The lowest BCUT2D eigenvalue weighted by Gasteiger charge is -2.12. The monoisotopic (exact) mass is 282 g/mol. The number of anilines is 2. The molecule has 5 heteroatoms. The van der Waals surface area contributed by atoms with Crippen LogP contribution in [0.4, 0.5) is 11.4 Å². The molecule has 0 bridgehead atoms. The fourth-order valence-corrected chi connectivity index (χ4v) is 2.79. The van der Waals surface area contributed by atoms with E-state index in [2.05, 4.69) is 12.2 Å². The minimum Gasteiger partial charge on any atom is -0.399 e. The van der Waals surface area contributed by atoms with Gasteiger partial charge in [0.1, 0.15) is 5.25 Å². The van der Waals surface area contributed by atoms with Crippen molar-refractivity contribution in [2.75, 3.05) is 16.8 Å². The fraction of sp³-hybridized carbons (Fsp3) is 0.500. The molecule has 1 aromatic rings. The molecule has 0 fully saturated rings. The molecule has 106 valence electrons. The van der Waals surface area contributed by atoms with E-state index >= 15 is 0 Å². The molecule has 2 atom stereocenters. The molecule has 0 heterocycles. The second kappa shape index (κ2) is 7.94. The lowest BCUT2D eigenvalue weighted by atomic mass is 10.3. The summed E-state index contributed by atoms with van der Waals surface area (Å²) in [4.78, 5) is 12.0. The summed E-state index contributed by atoms with van der Waals surface area (Å²) in [7, 11) is -1.12. The predicted molar refractivity (Wildman–Crippen MR) is 81.5 cm³/mol. The number of carbonyl (C=O) groups is 1. The zero-order valence-electron chi connectivity index (χ0n) is 11.5. The molecule has 3 N–H and O–H groups in total. The summed E-state index contributed by atoms with van der Waals surface area (Å²) in [6.07, 6.45) is 3.04. The number of hydrogen-bond donors (Lipinski definition) is 2. The zero-order valence-corrected chi connectivity index (χ0v) is 12.3. The van der Waals surface area contributed by atoms with Gasteiger partial charge in [-0.2, -0.15) is 0 Å². The first-order valence-electron chi connectivity index (χ1n) is 6.58. The van der Waals surface area contributed by atoms with Gasteiger partial charge in [0.15, 0.2) is 0 Å². The number of unbranched alkanes of at least 4 members (excludes halogenated alkanes) is 2. The molecule has 0 aliphatic carbocycles. The van der Waals surface area contributed by atoms with Crippen molar-refractivity contribution in [3.05, 3.63) is 24.3 Å². The van der Waals surface area contributed by atoms with E-state index < -0.39 is 16.0 Å². The molecule has 2 unspecified atom stereocenters. The zero-order chi connectivity index (χ0) is 14.3. The van der Waals surface area contributed by atoms with E-state index in [9.17, 15) is 9.00 Å². The van der Waals surface area contributed by atoms with Crippen LogP contribution in [0.5, 0.6) is 0 Å². The second-order valence-electron chi connectivity index (χ2n) is 4.55. The molecule has 0 saturated heterocycles. The third kappa shape index (κ3) is 5.42. The SMILES string of the molecule is CCCCCS(=O)C(C)C(=O)Nc1cccc(N)c1. The van der Waals surface area contributed by atoms with Crippen molar-refractivity contribution in [3.63, 3.8) is 0 Å². The van der Waals surface area contributed by atoms with Gasteiger partial charge in [-0.05, 0) is 31.5 Å².